The lowest BCUT2D eigenvalue weighted by Crippen LogP contribution is -2.45. The summed E-state index contributed by atoms with van der Waals surface area (Å²) in [6, 6.07) is -0.639. The minimum atomic E-state index is -0.861. The van der Waals surface area contributed by atoms with E-state index in [4.69, 9.17) is 0 Å². The minimum absolute atomic E-state index is 0.0755. The highest BCUT2D eigenvalue weighted by Gasteiger charge is 2.17. The third-order valence-electron chi connectivity index (χ3n) is 10.7. The van der Waals surface area contributed by atoms with E-state index in [9.17, 15) is 15.0 Å². The first kappa shape index (κ1) is 53.1. The molecule has 0 aliphatic heterocycles. The van der Waals surface area contributed by atoms with Crippen LogP contribution in [0.5, 0.6) is 0 Å². The second-order valence-corrected chi connectivity index (χ2v) is 16.2. The Morgan fingerprint density at radius 2 is 0.764 bits per heavy atom. The fraction of sp³-hybridized carbons (Fsp3) is 0.784. The summed E-state index contributed by atoms with van der Waals surface area (Å²) in [5.74, 6) is -0.0755. The number of amides is 1. The van der Waals surface area contributed by atoms with E-state index in [1.807, 2.05) is 6.08 Å². The van der Waals surface area contributed by atoms with E-state index in [0.29, 0.717) is 6.42 Å². The molecule has 0 aromatic heterocycles. The van der Waals surface area contributed by atoms with Crippen LogP contribution in [0.4, 0.5) is 0 Å². The summed E-state index contributed by atoms with van der Waals surface area (Å²) >= 11 is 0. The number of unbranched alkanes of at least 4 members (excludes halogenated alkanes) is 28. The fourth-order valence-corrected chi connectivity index (χ4v) is 7.02. The Morgan fingerprint density at radius 1 is 0.436 bits per heavy atom. The molecule has 2 unspecified atom stereocenters. The van der Waals surface area contributed by atoms with Gasteiger partial charge in [0.25, 0.3) is 0 Å². The van der Waals surface area contributed by atoms with Gasteiger partial charge in [-0.2, -0.15) is 0 Å². The van der Waals surface area contributed by atoms with Crippen LogP contribution in [0.25, 0.3) is 0 Å². The zero-order valence-corrected chi connectivity index (χ0v) is 36.7. The maximum Gasteiger partial charge on any atom is 0.220 e. The first-order valence-corrected chi connectivity index (χ1v) is 24.0. The van der Waals surface area contributed by atoms with Gasteiger partial charge in [0.15, 0.2) is 0 Å². The van der Waals surface area contributed by atoms with Gasteiger partial charge in [-0.25, -0.2) is 0 Å². The molecule has 3 N–H and O–H groups in total. The number of carbonyl (C=O) groups excluding carboxylic acids is 1. The van der Waals surface area contributed by atoms with Crippen molar-refractivity contribution < 1.29 is 15.0 Å². The number of hydrogen-bond donors (Lipinski definition) is 3. The van der Waals surface area contributed by atoms with E-state index < -0.39 is 12.1 Å². The topological polar surface area (TPSA) is 69.6 Å². The summed E-state index contributed by atoms with van der Waals surface area (Å²) in [5, 5.41) is 22.9. The molecular weight excluding hydrogens is 675 g/mol. The molecule has 0 aliphatic rings. The van der Waals surface area contributed by atoms with Crippen molar-refractivity contribution in [1.29, 1.82) is 0 Å². The highest BCUT2D eigenvalue weighted by atomic mass is 16.3. The second-order valence-electron chi connectivity index (χ2n) is 16.2. The third-order valence-corrected chi connectivity index (χ3v) is 10.7. The van der Waals surface area contributed by atoms with Crippen molar-refractivity contribution in [3.63, 3.8) is 0 Å². The summed E-state index contributed by atoms with van der Waals surface area (Å²) < 4.78 is 0. The highest BCUT2D eigenvalue weighted by molar-refractivity contribution is 5.76. The van der Waals surface area contributed by atoms with Crippen LogP contribution >= 0.6 is 0 Å². The molecule has 55 heavy (non-hydrogen) atoms. The maximum absolute atomic E-state index is 12.4. The van der Waals surface area contributed by atoms with Crippen LogP contribution in [-0.4, -0.2) is 34.9 Å². The summed E-state index contributed by atoms with van der Waals surface area (Å²) in [5.41, 5.74) is 0. The molecule has 0 fully saturated rings. The molecule has 4 heteroatoms. The number of rotatable bonds is 43. The van der Waals surface area contributed by atoms with Gasteiger partial charge in [0.2, 0.25) is 5.91 Å². The predicted octanol–water partition coefficient (Wildman–Crippen LogP) is 15.3. The van der Waals surface area contributed by atoms with Crippen LogP contribution in [0.15, 0.2) is 60.8 Å². The van der Waals surface area contributed by atoms with Gasteiger partial charge in [0.1, 0.15) is 0 Å². The molecule has 0 bridgehead atoms. The summed E-state index contributed by atoms with van der Waals surface area (Å²) in [4.78, 5) is 12.4. The van der Waals surface area contributed by atoms with Crippen LogP contribution in [0.3, 0.4) is 0 Å². The van der Waals surface area contributed by atoms with Gasteiger partial charge in [0, 0.05) is 6.42 Å². The number of carbonyl (C=O) groups is 1. The number of allylic oxidation sites excluding steroid dienone is 9. The van der Waals surface area contributed by atoms with Gasteiger partial charge in [-0.1, -0.05) is 222 Å². The Balaban J connectivity index is 3.50. The van der Waals surface area contributed by atoms with Gasteiger partial charge < -0.3 is 15.5 Å². The van der Waals surface area contributed by atoms with Crippen LogP contribution in [0.1, 0.15) is 239 Å². The SMILES string of the molecule is CCCCCCC/C=C\C/C=C\C/C=C\CCCCCCCCCCCCCCCCCCC(=O)NC(CO)C(O)/C=C/CC/C=C/CCCCCCCC. The highest BCUT2D eigenvalue weighted by Crippen LogP contribution is 2.15. The Labute approximate surface area is 343 Å². The van der Waals surface area contributed by atoms with E-state index in [1.54, 1.807) is 6.08 Å². The monoisotopic (exact) mass is 768 g/mol. The van der Waals surface area contributed by atoms with Crippen LogP contribution in [0.2, 0.25) is 0 Å². The molecule has 1 amide bonds. The lowest BCUT2D eigenvalue weighted by Gasteiger charge is -2.19. The number of hydrogen-bond acceptors (Lipinski definition) is 3. The third kappa shape index (κ3) is 43.1. The van der Waals surface area contributed by atoms with E-state index in [1.165, 1.54) is 173 Å². The number of nitrogens with one attached hydrogen (secondary N) is 1. The van der Waals surface area contributed by atoms with Crippen molar-refractivity contribution in [3.8, 4) is 0 Å². The maximum atomic E-state index is 12.4. The van der Waals surface area contributed by atoms with Crippen LogP contribution < -0.4 is 5.32 Å². The standard InChI is InChI=1S/C51H93NO3/c1-3-5-7-9-11-13-15-17-18-19-20-21-22-23-24-25-26-27-28-29-30-31-32-33-34-35-37-39-41-43-45-47-51(55)52-49(48-53)50(54)46-44-42-40-38-36-16-14-12-10-8-6-4-2/h15,17,19-20,22-23,36,38,44,46,49-50,53-54H,3-14,16,18,21,24-35,37,39-43,45,47-48H2,1-2H3,(H,52,55)/b17-15-,20-19-,23-22-,38-36+,46-44+. The smallest absolute Gasteiger partial charge is 0.220 e. The lowest BCUT2D eigenvalue weighted by molar-refractivity contribution is -0.123. The van der Waals surface area contributed by atoms with Gasteiger partial charge in [0.05, 0.1) is 18.8 Å². The second kappa shape index (κ2) is 46.5. The zero-order chi connectivity index (χ0) is 40.0. The van der Waals surface area contributed by atoms with Crippen LogP contribution in [-0.2, 0) is 4.79 Å². The summed E-state index contributed by atoms with van der Waals surface area (Å²) in [6.45, 7) is 4.27. The molecule has 0 radical (unpaired) electrons. The number of aliphatic hydroxyl groups excluding tert-OH is 2. The van der Waals surface area contributed by atoms with Crippen molar-refractivity contribution in [3.05, 3.63) is 60.8 Å². The molecule has 0 rings (SSSR count). The van der Waals surface area contributed by atoms with Crippen LogP contribution in [0, 0.1) is 0 Å². The Morgan fingerprint density at radius 3 is 1.18 bits per heavy atom. The average Bonchev–Trinajstić information content (AvgIpc) is 3.19. The first-order chi connectivity index (χ1) is 27.2. The van der Waals surface area contributed by atoms with Crippen molar-refractivity contribution in [2.45, 2.75) is 251 Å². The van der Waals surface area contributed by atoms with Crippen molar-refractivity contribution in [2.24, 2.45) is 0 Å². The normalized spacial score (nSPS) is 13.5. The molecule has 2 atom stereocenters. The molecular formula is C51H93NO3. The molecule has 320 valence electrons. The molecule has 0 aromatic rings. The minimum Gasteiger partial charge on any atom is -0.394 e. The number of aliphatic hydroxyl groups is 2. The Kier molecular flexibility index (Phi) is 44.9. The predicted molar refractivity (Wildman–Crippen MR) is 244 cm³/mol. The Hall–Kier alpha value is -1.91. The lowest BCUT2D eigenvalue weighted by atomic mass is 10.0. The molecule has 0 aliphatic carbocycles. The summed E-state index contributed by atoms with van der Waals surface area (Å²) in [7, 11) is 0. The molecule has 0 aromatic carbocycles. The van der Waals surface area contributed by atoms with Gasteiger partial charge in [-0.15, -0.1) is 0 Å². The molecule has 0 saturated heterocycles. The average molecular weight is 768 g/mol. The fourth-order valence-electron chi connectivity index (χ4n) is 7.02. The van der Waals surface area contributed by atoms with E-state index in [-0.39, 0.29) is 12.5 Å². The largest absolute Gasteiger partial charge is 0.394 e. The van der Waals surface area contributed by atoms with Crippen molar-refractivity contribution >= 4 is 5.91 Å². The van der Waals surface area contributed by atoms with Crippen molar-refractivity contribution in [1.82, 2.24) is 5.32 Å². The molecule has 0 heterocycles. The molecule has 0 spiro atoms. The quantitative estimate of drug-likeness (QED) is 0.0427. The summed E-state index contributed by atoms with van der Waals surface area (Å²) in [6.07, 6.45) is 65.0. The van der Waals surface area contributed by atoms with Gasteiger partial charge in [-0.05, 0) is 70.6 Å². The van der Waals surface area contributed by atoms with Gasteiger partial charge in [-0.3, -0.25) is 4.79 Å². The zero-order valence-electron chi connectivity index (χ0n) is 36.7. The van der Waals surface area contributed by atoms with E-state index in [2.05, 4.69) is 67.8 Å². The van der Waals surface area contributed by atoms with E-state index in [0.717, 1.165) is 44.9 Å². The molecule has 4 nitrogen and oxygen atoms in total. The molecule has 0 saturated carbocycles. The van der Waals surface area contributed by atoms with Gasteiger partial charge >= 0.3 is 0 Å². The van der Waals surface area contributed by atoms with E-state index >= 15 is 0 Å². The Bertz CT molecular complexity index is 919. The van der Waals surface area contributed by atoms with Crippen molar-refractivity contribution in [2.75, 3.05) is 6.61 Å². The first-order valence-electron chi connectivity index (χ1n) is 24.0.